The zero-order chi connectivity index (χ0) is 17.4. The molecule has 25 heavy (non-hydrogen) atoms. The summed E-state index contributed by atoms with van der Waals surface area (Å²) in [4.78, 5) is 14.4. The Hall–Kier alpha value is -2.44. The van der Waals surface area contributed by atoms with Crippen molar-refractivity contribution in [1.82, 2.24) is 19.7 Å². The number of amides is 1. The van der Waals surface area contributed by atoms with E-state index in [2.05, 4.69) is 10.3 Å². The van der Waals surface area contributed by atoms with Crippen molar-refractivity contribution < 1.29 is 9.90 Å². The number of pyridine rings is 1. The molecule has 3 heterocycles. The molecule has 1 aliphatic rings. The summed E-state index contributed by atoms with van der Waals surface area (Å²) >= 11 is 5.90. The number of carbonyl (C=O) groups is 1. The molecule has 1 unspecified atom stereocenters. The summed E-state index contributed by atoms with van der Waals surface area (Å²) in [6.45, 7) is 0.773. The number of halogens is 1. The van der Waals surface area contributed by atoms with Gasteiger partial charge in [0.2, 0.25) is 0 Å². The van der Waals surface area contributed by atoms with Gasteiger partial charge >= 0.3 is 0 Å². The normalized spacial score (nSPS) is 20.3. The summed E-state index contributed by atoms with van der Waals surface area (Å²) in [5, 5.41) is 19.5. The van der Waals surface area contributed by atoms with Gasteiger partial charge < -0.3 is 10.0 Å². The van der Waals surface area contributed by atoms with Crippen molar-refractivity contribution in [2.75, 3.05) is 13.1 Å². The molecule has 1 N–H and O–H groups in total. The third-order valence-corrected chi connectivity index (χ3v) is 4.84. The number of β-amino-alcohol motifs (C(OH)–C–C–N with tert-alkyl or cyclic N) is 1. The second kappa shape index (κ2) is 6.13. The fourth-order valence-corrected chi connectivity index (χ4v) is 3.43. The van der Waals surface area contributed by atoms with Crippen LogP contribution in [-0.4, -0.2) is 49.4 Å². The number of fused-ring (bicyclic) bond motifs is 1. The largest absolute Gasteiger partial charge is 0.388 e. The molecular weight excluding hydrogens is 340 g/mol. The molecular formula is C18H17ClN4O2. The van der Waals surface area contributed by atoms with Crippen LogP contribution in [0.4, 0.5) is 0 Å². The Bertz CT molecular complexity index is 924. The highest BCUT2D eigenvalue weighted by Crippen LogP contribution is 2.27. The standard InChI is InChI=1S/C18H17ClN4O2/c19-14-6-4-13(5-7-14)11-18(25)8-10-22(12-18)17(24)16-15-3-1-2-9-23(15)21-20-16/h1-7,9,25H,8,10-12H2. The molecule has 7 heteroatoms. The molecule has 6 nitrogen and oxygen atoms in total. The topological polar surface area (TPSA) is 70.7 Å². The maximum Gasteiger partial charge on any atom is 0.276 e. The van der Waals surface area contributed by atoms with Crippen LogP contribution in [0.3, 0.4) is 0 Å². The molecule has 1 aromatic carbocycles. The molecule has 1 amide bonds. The molecule has 1 fully saturated rings. The van der Waals surface area contributed by atoms with E-state index in [4.69, 9.17) is 11.6 Å². The molecule has 1 atom stereocenters. The first kappa shape index (κ1) is 16.1. The molecule has 4 rings (SSSR count). The van der Waals surface area contributed by atoms with Crippen LogP contribution < -0.4 is 0 Å². The van der Waals surface area contributed by atoms with Gasteiger partial charge in [-0.2, -0.15) is 0 Å². The minimum Gasteiger partial charge on any atom is -0.388 e. The molecule has 128 valence electrons. The Kier molecular flexibility index (Phi) is 3.94. The van der Waals surface area contributed by atoms with Crippen LogP contribution in [0.1, 0.15) is 22.5 Å². The van der Waals surface area contributed by atoms with Crippen LogP contribution >= 0.6 is 11.6 Å². The number of likely N-dealkylation sites (tertiary alicyclic amines) is 1. The first-order valence-corrected chi connectivity index (χ1v) is 8.48. The lowest BCUT2D eigenvalue weighted by atomic mass is 9.94. The zero-order valence-corrected chi connectivity index (χ0v) is 14.2. The second-order valence-corrected chi connectivity index (χ2v) is 6.91. The first-order valence-electron chi connectivity index (χ1n) is 8.10. The number of hydrogen-bond acceptors (Lipinski definition) is 4. The van der Waals surface area contributed by atoms with Crippen LogP contribution in [0.2, 0.25) is 5.02 Å². The van der Waals surface area contributed by atoms with Crippen molar-refractivity contribution in [1.29, 1.82) is 0 Å². The first-order chi connectivity index (χ1) is 12.0. The van der Waals surface area contributed by atoms with E-state index in [1.807, 2.05) is 30.3 Å². The van der Waals surface area contributed by atoms with Gasteiger partial charge in [-0.3, -0.25) is 4.79 Å². The van der Waals surface area contributed by atoms with Gasteiger partial charge in [0.1, 0.15) is 0 Å². The molecule has 1 aliphatic heterocycles. The Labute approximate surface area is 149 Å². The lowest BCUT2D eigenvalue weighted by Crippen LogP contribution is -2.37. The Morgan fingerprint density at radius 1 is 1.24 bits per heavy atom. The van der Waals surface area contributed by atoms with Crippen molar-refractivity contribution in [3.63, 3.8) is 0 Å². The minimum absolute atomic E-state index is 0.201. The van der Waals surface area contributed by atoms with Crippen LogP contribution in [0.25, 0.3) is 5.52 Å². The number of hydrogen-bond donors (Lipinski definition) is 1. The summed E-state index contributed by atoms with van der Waals surface area (Å²) in [5.41, 5.74) is 1.04. The van der Waals surface area contributed by atoms with Crippen molar-refractivity contribution >= 4 is 23.0 Å². The summed E-state index contributed by atoms with van der Waals surface area (Å²) < 4.78 is 1.57. The summed E-state index contributed by atoms with van der Waals surface area (Å²) in [5.74, 6) is -0.201. The predicted molar refractivity (Wildman–Crippen MR) is 93.6 cm³/mol. The highest BCUT2D eigenvalue weighted by atomic mass is 35.5. The van der Waals surface area contributed by atoms with Gasteiger partial charge in [0.15, 0.2) is 5.69 Å². The van der Waals surface area contributed by atoms with Crippen LogP contribution in [0.5, 0.6) is 0 Å². The van der Waals surface area contributed by atoms with Crippen LogP contribution in [-0.2, 0) is 6.42 Å². The highest BCUT2D eigenvalue weighted by Gasteiger charge is 2.39. The highest BCUT2D eigenvalue weighted by molar-refractivity contribution is 6.30. The van der Waals surface area contributed by atoms with Gasteiger partial charge in [-0.25, -0.2) is 4.52 Å². The van der Waals surface area contributed by atoms with Crippen molar-refractivity contribution in [3.05, 3.63) is 64.9 Å². The van der Waals surface area contributed by atoms with E-state index in [0.29, 0.717) is 35.6 Å². The molecule has 0 bridgehead atoms. The number of benzene rings is 1. The average molecular weight is 357 g/mol. The average Bonchev–Trinajstić information content (AvgIpc) is 3.20. The Balaban J connectivity index is 1.51. The van der Waals surface area contributed by atoms with Crippen molar-refractivity contribution in [3.8, 4) is 0 Å². The number of nitrogens with zero attached hydrogens (tertiary/aromatic N) is 4. The maximum atomic E-state index is 12.8. The summed E-state index contributed by atoms with van der Waals surface area (Å²) in [6, 6.07) is 12.9. The summed E-state index contributed by atoms with van der Waals surface area (Å²) in [6.07, 6.45) is 2.76. The van der Waals surface area contributed by atoms with E-state index in [1.165, 1.54) is 0 Å². The molecule has 0 spiro atoms. The predicted octanol–water partition coefficient (Wildman–Crippen LogP) is 2.20. The molecule has 3 aromatic rings. The maximum absolute atomic E-state index is 12.8. The van der Waals surface area contributed by atoms with Gasteiger partial charge in [0, 0.05) is 24.2 Å². The second-order valence-electron chi connectivity index (χ2n) is 6.47. The van der Waals surface area contributed by atoms with E-state index in [1.54, 1.807) is 27.7 Å². The lowest BCUT2D eigenvalue weighted by Gasteiger charge is -2.23. The Morgan fingerprint density at radius 2 is 2.04 bits per heavy atom. The van der Waals surface area contributed by atoms with Gasteiger partial charge in [-0.15, -0.1) is 5.10 Å². The SMILES string of the molecule is O=C(c1nnn2ccccc12)N1CCC(O)(Cc2ccc(Cl)cc2)C1. The number of carbonyl (C=O) groups excluding carboxylic acids is 1. The quantitative estimate of drug-likeness (QED) is 0.781. The number of aliphatic hydroxyl groups is 1. The lowest BCUT2D eigenvalue weighted by molar-refractivity contribution is 0.0444. The zero-order valence-electron chi connectivity index (χ0n) is 13.5. The third-order valence-electron chi connectivity index (χ3n) is 4.59. The molecule has 0 aliphatic carbocycles. The Morgan fingerprint density at radius 3 is 2.84 bits per heavy atom. The third kappa shape index (κ3) is 3.10. The minimum atomic E-state index is -0.938. The fraction of sp³-hybridized carbons (Fsp3) is 0.278. The van der Waals surface area contributed by atoms with E-state index in [0.717, 1.165) is 5.56 Å². The number of rotatable bonds is 3. The monoisotopic (exact) mass is 356 g/mol. The molecule has 1 saturated heterocycles. The molecule has 2 aromatic heterocycles. The van der Waals surface area contributed by atoms with Crippen LogP contribution in [0, 0.1) is 0 Å². The fourth-order valence-electron chi connectivity index (χ4n) is 3.30. The van der Waals surface area contributed by atoms with Gasteiger partial charge in [-0.05, 0) is 36.2 Å². The van der Waals surface area contributed by atoms with Gasteiger partial charge in [0.25, 0.3) is 5.91 Å². The summed E-state index contributed by atoms with van der Waals surface area (Å²) in [7, 11) is 0. The van der Waals surface area contributed by atoms with E-state index in [9.17, 15) is 9.90 Å². The number of aromatic nitrogens is 3. The molecule has 0 saturated carbocycles. The van der Waals surface area contributed by atoms with Gasteiger partial charge in [-0.1, -0.05) is 35.0 Å². The molecule has 0 radical (unpaired) electrons. The van der Waals surface area contributed by atoms with Gasteiger partial charge in [0.05, 0.1) is 17.7 Å². The van der Waals surface area contributed by atoms with Crippen LogP contribution in [0.15, 0.2) is 48.7 Å². The van der Waals surface area contributed by atoms with E-state index >= 15 is 0 Å². The van der Waals surface area contributed by atoms with E-state index < -0.39 is 5.60 Å². The van der Waals surface area contributed by atoms with E-state index in [-0.39, 0.29) is 12.5 Å². The van der Waals surface area contributed by atoms with Crippen molar-refractivity contribution in [2.45, 2.75) is 18.4 Å². The smallest absolute Gasteiger partial charge is 0.276 e. The van der Waals surface area contributed by atoms with Crippen molar-refractivity contribution in [2.24, 2.45) is 0 Å².